The molecule has 5 heteroatoms. The number of aryl methyl sites for hydroxylation is 1. The lowest BCUT2D eigenvalue weighted by atomic mass is 10.1. The van der Waals surface area contributed by atoms with E-state index in [1.807, 2.05) is 0 Å². The van der Waals surface area contributed by atoms with Gasteiger partial charge in [0.15, 0.2) is 0 Å². The number of alkyl halides is 1. The Morgan fingerprint density at radius 2 is 2.13 bits per heavy atom. The zero-order valence-electron chi connectivity index (χ0n) is 8.21. The molecular weight excluding hydrogens is 216 g/mol. The van der Waals surface area contributed by atoms with Crippen LogP contribution >= 0.6 is 11.6 Å². The molecule has 0 saturated carbocycles. The van der Waals surface area contributed by atoms with Gasteiger partial charge >= 0.3 is 0 Å². The molecule has 80 valence electrons. The second-order valence-electron chi connectivity index (χ2n) is 3.08. The molecular formula is C10H11ClN2O2. The van der Waals surface area contributed by atoms with Crippen LogP contribution in [0.25, 0.3) is 0 Å². The molecule has 0 fully saturated rings. The fourth-order valence-electron chi connectivity index (χ4n) is 1.14. The summed E-state index contributed by atoms with van der Waals surface area (Å²) in [5, 5.41) is 2.60. The smallest absolute Gasteiger partial charge is 0.248 e. The molecule has 1 aromatic rings. The zero-order chi connectivity index (χ0) is 11.4. The summed E-state index contributed by atoms with van der Waals surface area (Å²) in [6.07, 6.45) is 0. The van der Waals surface area contributed by atoms with Crippen molar-refractivity contribution < 1.29 is 9.59 Å². The maximum atomic E-state index is 11.0. The summed E-state index contributed by atoms with van der Waals surface area (Å²) < 4.78 is 0. The third kappa shape index (κ3) is 2.95. The molecule has 3 N–H and O–H groups in total. The van der Waals surface area contributed by atoms with Crippen molar-refractivity contribution in [1.29, 1.82) is 0 Å². The normalized spacial score (nSPS) is 9.73. The molecule has 0 aromatic heterocycles. The van der Waals surface area contributed by atoms with Crippen LogP contribution in [0.15, 0.2) is 18.2 Å². The van der Waals surface area contributed by atoms with Crippen molar-refractivity contribution in [3.8, 4) is 0 Å². The van der Waals surface area contributed by atoms with E-state index in [9.17, 15) is 9.59 Å². The maximum Gasteiger partial charge on any atom is 0.248 e. The Hall–Kier alpha value is -1.55. The number of carbonyl (C=O) groups is 2. The molecule has 0 radical (unpaired) electrons. The molecule has 2 amide bonds. The molecule has 0 saturated heterocycles. The van der Waals surface area contributed by atoms with Gasteiger partial charge < -0.3 is 11.1 Å². The first-order chi connectivity index (χ1) is 7.04. The highest BCUT2D eigenvalue weighted by molar-refractivity contribution is 6.29. The van der Waals surface area contributed by atoms with Crippen LogP contribution in [0.3, 0.4) is 0 Å². The van der Waals surface area contributed by atoms with E-state index >= 15 is 0 Å². The number of nitrogens with two attached hydrogens (primary N) is 1. The minimum absolute atomic E-state index is 0.100. The second-order valence-corrected chi connectivity index (χ2v) is 3.34. The summed E-state index contributed by atoms with van der Waals surface area (Å²) in [6, 6.07) is 4.80. The highest BCUT2D eigenvalue weighted by Gasteiger charge is 2.06. The molecule has 0 aliphatic rings. The molecule has 0 aliphatic heterocycles. The van der Waals surface area contributed by atoms with Gasteiger partial charge in [-0.3, -0.25) is 9.59 Å². The van der Waals surface area contributed by atoms with Gasteiger partial charge in [0.25, 0.3) is 0 Å². The first-order valence-corrected chi connectivity index (χ1v) is 4.84. The van der Waals surface area contributed by atoms with Crippen LogP contribution in [0.2, 0.25) is 0 Å². The van der Waals surface area contributed by atoms with Crippen molar-refractivity contribution in [2.45, 2.75) is 6.92 Å². The average molecular weight is 227 g/mol. The molecule has 0 atom stereocenters. The van der Waals surface area contributed by atoms with Gasteiger partial charge in [0.1, 0.15) is 5.88 Å². The van der Waals surface area contributed by atoms with Crippen LogP contribution in [0.4, 0.5) is 5.69 Å². The van der Waals surface area contributed by atoms with E-state index < -0.39 is 5.91 Å². The van der Waals surface area contributed by atoms with Crippen molar-refractivity contribution in [3.05, 3.63) is 29.3 Å². The van der Waals surface area contributed by atoms with Gasteiger partial charge in [-0.15, -0.1) is 11.6 Å². The number of hydrogen-bond acceptors (Lipinski definition) is 2. The molecule has 15 heavy (non-hydrogen) atoms. The third-order valence-electron chi connectivity index (χ3n) is 1.91. The minimum Gasteiger partial charge on any atom is -0.366 e. The summed E-state index contributed by atoms with van der Waals surface area (Å²) >= 11 is 5.35. The maximum absolute atomic E-state index is 11.0. The Balaban J connectivity index is 2.93. The molecule has 1 rings (SSSR count). The van der Waals surface area contributed by atoms with E-state index in [-0.39, 0.29) is 11.8 Å². The van der Waals surface area contributed by atoms with E-state index in [1.165, 1.54) is 0 Å². The number of primary amides is 1. The Labute approximate surface area is 92.4 Å². The highest BCUT2D eigenvalue weighted by atomic mass is 35.5. The SMILES string of the molecule is Cc1cc(C(N)=O)ccc1NC(=O)CCl. The summed E-state index contributed by atoms with van der Waals surface area (Å²) in [5.41, 5.74) is 6.92. The van der Waals surface area contributed by atoms with Gasteiger partial charge in [0, 0.05) is 11.3 Å². The van der Waals surface area contributed by atoms with Crippen molar-refractivity contribution in [2.24, 2.45) is 5.73 Å². The first-order valence-electron chi connectivity index (χ1n) is 4.31. The Morgan fingerprint density at radius 1 is 1.47 bits per heavy atom. The summed E-state index contributed by atoms with van der Waals surface area (Å²) in [4.78, 5) is 21.9. The van der Waals surface area contributed by atoms with Gasteiger partial charge in [-0.2, -0.15) is 0 Å². The fraction of sp³-hybridized carbons (Fsp3) is 0.200. The van der Waals surface area contributed by atoms with Crippen molar-refractivity contribution in [3.63, 3.8) is 0 Å². The Morgan fingerprint density at radius 3 is 2.60 bits per heavy atom. The van der Waals surface area contributed by atoms with Crippen LogP contribution in [0.1, 0.15) is 15.9 Å². The molecule has 4 nitrogen and oxygen atoms in total. The topological polar surface area (TPSA) is 72.2 Å². The second kappa shape index (κ2) is 4.79. The lowest BCUT2D eigenvalue weighted by Gasteiger charge is -2.07. The monoisotopic (exact) mass is 226 g/mol. The number of hydrogen-bond donors (Lipinski definition) is 2. The quantitative estimate of drug-likeness (QED) is 0.762. The minimum atomic E-state index is -0.492. The number of anilines is 1. The lowest BCUT2D eigenvalue weighted by molar-refractivity contribution is -0.113. The third-order valence-corrected chi connectivity index (χ3v) is 2.15. The van der Waals surface area contributed by atoms with Crippen LogP contribution in [-0.2, 0) is 4.79 Å². The van der Waals surface area contributed by atoms with E-state index in [0.717, 1.165) is 5.56 Å². The number of carbonyl (C=O) groups excluding carboxylic acids is 2. The van der Waals surface area contributed by atoms with Gasteiger partial charge in [-0.1, -0.05) is 0 Å². The summed E-state index contributed by atoms with van der Waals surface area (Å²) in [6.45, 7) is 1.77. The molecule has 0 spiro atoms. The first kappa shape index (κ1) is 11.5. The largest absolute Gasteiger partial charge is 0.366 e. The number of nitrogens with one attached hydrogen (secondary N) is 1. The molecule has 0 bridgehead atoms. The van der Waals surface area contributed by atoms with Gasteiger partial charge in [0.2, 0.25) is 11.8 Å². The molecule has 0 aliphatic carbocycles. The lowest BCUT2D eigenvalue weighted by Crippen LogP contribution is -2.15. The zero-order valence-corrected chi connectivity index (χ0v) is 8.97. The van der Waals surface area contributed by atoms with Crippen LogP contribution in [-0.4, -0.2) is 17.7 Å². The van der Waals surface area contributed by atoms with E-state index in [0.29, 0.717) is 11.3 Å². The fourth-order valence-corrected chi connectivity index (χ4v) is 1.21. The van der Waals surface area contributed by atoms with E-state index in [4.69, 9.17) is 17.3 Å². The van der Waals surface area contributed by atoms with Gasteiger partial charge in [-0.25, -0.2) is 0 Å². The summed E-state index contributed by atoms with van der Waals surface area (Å²) in [5.74, 6) is -0.878. The summed E-state index contributed by atoms with van der Waals surface area (Å²) in [7, 11) is 0. The van der Waals surface area contributed by atoms with Gasteiger partial charge in [-0.05, 0) is 30.7 Å². The number of amides is 2. The highest BCUT2D eigenvalue weighted by Crippen LogP contribution is 2.16. The molecule has 1 aromatic carbocycles. The van der Waals surface area contributed by atoms with Crippen molar-refractivity contribution >= 4 is 29.1 Å². The molecule has 0 heterocycles. The molecule has 0 unspecified atom stereocenters. The van der Waals surface area contributed by atoms with Crippen LogP contribution < -0.4 is 11.1 Å². The van der Waals surface area contributed by atoms with Crippen molar-refractivity contribution in [2.75, 3.05) is 11.2 Å². The van der Waals surface area contributed by atoms with Crippen molar-refractivity contribution in [1.82, 2.24) is 0 Å². The number of rotatable bonds is 3. The Bertz CT molecular complexity index is 404. The van der Waals surface area contributed by atoms with Gasteiger partial charge in [0.05, 0.1) is 0 Å². The predicted octanol–water partition coefficient (Wildman–Crippen LogP) is 1.27. The average Bonchev–Trinajstić information content (AvgIpc) is 2.20. The predicted molar refractivity (Wildman–Crippen MR) is 59.0 cm³/mol. The van der Waals surface area contributed by atoms with E-state index in [1.54, 1.807) is 25.1 Å². The standard InChI is InChI=1S/C10H11ClN2O2/c1-6-4-7(10(12)15)2-3-8(6)13-9(14)5-11/h2-4H,5H2,1H3,(H2,12,15)(H,13,14). The van der Waals surface area contributed by atoms with E-state index in [2.05, 4.69) is 5.32 Å². The number of halogens is 1. The van der Waals surface area contributed by atoms with Crippen LogP contribution in [0, 0.1) is 6.92 Å². The Kier molecular flexibility index (Phi) is 3.68. The number of benzene rings is 1. The van der Waals surface area contributed by atoms with Crippen LogP contribution in [0.5, 0.6) is 0 Å².